The van der Waals surface area contributed by atoms with E-state index in [1.165, 1.54) is 16.2 Å². The van der Waals surface area contributed by atoms with Gasteiger partial charge in [-0.3, -0.25) is 4.98 Å². The van der Waals surface area contributed by atoms with E-state index in [1.807, 2.05) is 30.5 Å². The number of hydrogen-bond donors (Lipinski definition) is 1. The Labute approximate surface area is 254 Å². The fourth-order valence-electron chi connectivity index (χ4n) is 5.72. The van der Waals surface area contributed by atoms with E-state index in [4.69, 9.17) is 9.97 Å². The van der Waals surface area contributed by atoms with Crippen LogP contribution in [0.15, 0.2) is 134 Å². The maximum absolute atomic E-state index is 4.84. The third-order valence-corrected chi connectivity index (χ3v) is 7.76. The van der Waals surface area contributed by atoms with Gasteiger partial charge in [0.1, 0.15) is 0 Å². The third kappa shape index (κ3) is 5.08. The van der Waals surface area contributed by atoms with Gasteiger partial charge in [-0.25, -0.2) is 9.97 Å². The minimum absolute atomic E-state index is 0.926. The van der Waals surface area contributed by atoms with Crippen molar-refractivity contribution in [1.29, 1.82) is 0 Å². The molecule has 1 N–H and O–H groups in total. The van der Waals surface area contributed by atoms with Gasteiger partial charge in [0.15, 0.2) is 0 Å². The van der Waals surface area contributed by atoms with Crippen LogP contribution in [0.3, 0.4) is 0 Å². The Hall–Kier alpha value is -6.07. The van der Waals surface area contributed by atoms with E-state index in [0.717, 1.165) is 56.0 Å². The van der Waals surface area contributed by atoms with E-state index in [1.54, 1.807) is 0 Å². The molecule has 0 unspecified atom stereocenters. The highest BCUT2D eigenvalue weighted by Gasteiger charge is 2.09. The van der Waals surface area contributed by atoms with Crippen molar-refractivity contribution in [2.75, 3.05) is 0 Å². The Morgan fingerprint density at radius 1 is 0.477 bits per heavy atom. The normalized spacial score (nSPS) is 11.9. The van der Waals surface area contributed by atoms with Crippen molar-refractivity contribution in [3.8, 4) is 5.69 Å². The average Bonchev–Trinajstić information content (AvgIpc) is 3.88. The van der Waals surface area contributed by atoms with E-state index < -0.39 is 0 Å². The van der Waals surface area contributed by atoms with Crippen LogP contribution in [0.1, 0.15) is 22.8 Å². The number of H-pyrrole nitrogens is 1. The maximum Gasteiger partial charge on any atom is 0.0701 e. The molecule has 0 spiro atoms. The minimum atomic E-state index is 0.926. The molecular weight excluding hydrogens is 538 g/mol. The molecule has 7 aromatic rings. The van der Waals surface area contributed by atoms with Crippen molar-refractivity contribution >= 4 is 68.0 Å². The van der Waals surface area contributed by atoms with Crippen LogP contribution in [0.25, 0.3) is 73.7 Å². The standard InChI is InChI=1S/C30H20N4.C9H7N/c1-2-6-29-20(4-1)5-3-7-30(29)34-27-14-15-28(34)19-26-13-11-24(33-26)17-22-9-8-21(31-22)16-23-10-12-25(18-27)32-23;1-2-6-9-8(4-1)5-3-7-10-9/h1-19,31H;1-7H. The highest BCUT2D eigenvalue weighted by molar-refractivity contribution is 5.92. The van der Waals surface area contributed by atoms with E-state index in [9.17, 15) is 0 Å². The quantitative estimate of drug-likeness (QED) is 0.216. The van der Waals surface area contributed by atoms with Crippen molar-refractivity contribution in [2.24, 2.45) is 0 Å². The van der Waals surface area contributed by atoms with Crippen LogP contribution >= 0.6 is 0 Å². The topological polar surface area (TPSA) is 59.4 Å². The van der Waals surface area contributed by atoms with Crippen LogP contribution in [0.5, 0.6) is 0 Å². The predicted octanol–water partition coefficient (Wildman–Crippen LogP) is 9.51. The average molecular weight is 566 g/mol. The summed E-state index contributed by atoms with van der Waals surface area (Å²) in [5.74, 6) is 0. The number of fused-ring (bicyclic) bond motifs is 10. The fraction of sp³-hybridized carbons (Fsp3) is 0. The number of para-hydroxylation sites is 1. The molecule has 44 heavy (non-hydrogen) atoms. The molecule has 0 amide bonds. The van der Waals surface area contributed by atoms with Crippen molar-refractivity contribution in [3.63, 3.8) is 0 Å². The van der Waals surface area contributed by atoms with Crippen molar-refractivity contribution in [2.45, 2.75) is 0 Å². The Morgan fingerprint density at radius 3 is 1.73 bits per heavy atom. The van der Waals surface area contributed by atoms with Crippen LogP contribution in [0.4, 0.5) is 0 Å². The summed E-state index contributed by atoms with van der Waals surface area (Å²) in [5.41, 5.74) is 10.1. The van der Waals surface area contributed by atoms with Gasteiger partial charge in [-0.2, -0.15) is 0 Å². The number of benzene rings is 3. The number of hydrogen-bond acceptors (Lipinski definition) is 3. The summed E-state index contributed by atoms with van der Waals surface area (Å²) in [4.78, 5) is 17.3. The Bertz CT molecular complexity index is 2250. The van der Waals surface area contributed by atoms with Gasteiger partial charge in [0, 0.05) is 39.0 Å². The van der Waals surface area contributed by atoms with E-state index in [2.05, 4.69) is 142 Å². The first-order valence-corrected chi connectivity index (χ1v) is 14.6. The highest BCUT2D eigenvalue weighted by Crippen LogP contribution is 2.28. The van der Waals surface area contributed by atoms with Crippen LogP contribution in [-0.4, -0.2) is 24.5 Å². The summed E-state index contributed by atoms with van der Waals surface area (Å²) in [5, 5.41) is 3.62. The summed E-state index contributed by atoms with van der Waals surface area (Å²) in [6.45, 7) is 0. The van der Waals surface area contributed by atoms with Gasteiger partial charge in [-0.1, -0.05) is 60.7 Å². The van der Waals surface area contributed by atoms with Gasteiger partial charge in [-0.05, 0) is 96.4 Å². The zero-order chi connectivity index (χ0) is 29.3. The summed E-state index contributed by atoms with van der Waals surface area (Å²) in [6, 6.07) is 43.9. The van der Waals surface area contributed by atoms with Crippen molar-refractivity contribution in [1.82, 2.24) is 24.5 Å². The van der Waals surface area contributed by atoms with Gasteiger partial charge in [0.25, 0.3) is 0 Å². The lowest BCUT2D eigenvalue weighted by molar-refractivity contribution is 1.18. The second kappa shape index (κ2) is 11.0. The van der Waals surface area contributed by atoms with Crippen LogP contribution < -0.4 is 0 Å². The van der Waals surface area contributed by atoms with Crippen LogP contribution in [0.2, 0.25) is 0 Å². The molecular formula is C39H27N5. The summed E-state index contributed by atoms with van der Waals surface area (Å²) in [7, 11) is 0. The SMILES string of the molecule is C1=Cc2cc3ccc(cc4nc(cc5ccc(cc1n2)[nH]5)C=C4)n3-c1cccc2ccccc12.c1ccc2ncccc2c1. The molecule has 6 heterocycles. The van der Waals surface area contributed by atoms with Gasteiger partial charge in [0.2, 0.25) is 0 Å². The van der Waals surface area contributed by atoms with Gasteiger partial charge >= 0.3 is 0 Å². The molecule has 5 nitrogen and oxygen atoms in total. The largest absolute Gasteiger partial charge is 0.355 e. The highest BCUT2D eigenvalue weighted by atomic mass is 15.0. The minimum Gasteiger partial charge on any atom is -0.355 e. The first-order chi connectivity index (χ1) is 21.7. The molecule has 2 aliphatic heterocycles. The molecule has 208 valence electrons. The lowest BCUT2D eigenvalue weighted by atomic mass is 10.1. The molecule has 0 fully saturated rings. The molecule has 0 saturated heterocycles. The Kier molecular flexibility index (Phi) is 6.39. The van der Waals surface area contributed by atoms with Crippen molar-refractivity contribution < 1.29 is 0 Å². The van der Waals surface area contributed by atoms with E-state index in [-0.39, 0.29) is 0 Å². The zero-order valence-electron chi connectivity index (χ0n) is 23.8. The second-order valence-electron chi connectivity index (χ2n) is 10.7. The number of rotatable bonds is 1. The molecule has 0 saturated carbocycles. The van der Waals surface area contributed by atoms with Gasteiger partial charge in [-0.15, -0.1) is 0 Å². The molecule has 2 aliphatic rings. The second-order valence-corrected chi connectivity index (χ2v) is 10.7. The number of pyridine rings is 1. The zero-order valence-corrected chi connectivity index (χ0v) is 23.8. The predicted molar refractivity (Wildman–Crippen MR) is 183 cm³/mol. The number of nitrogens with zero attached hydrogens (tertiary/aromatic N) is 4. The summed E-state index contributed by atoms with van der Waals surface area (Å²) in [6.07, 6.45) is 10.0. The fourth-order valence-corrected chi connectivity index (χ4v) is 5.72. The number of aromatic amines is 1. The number of nitrogens with one attached hydrogen (secondary N) is 1. The lowest BCUT2D eigenvalue weighted by Crippen LogP contribution is -1.95. The maximum atomic E-state index is 4.84. The molecule has 9 rings (SSSR count). The first-order valence-electron chi connectivity index (χ1n) is 14.6. The van der Waals surface area contributed by atoms with Gasteiger partial charge in [0.05, 0.1) is 34.0 Å². The summed E-state index contributed by atoms with van der Waals surface area (Å²) < 4.78 is 2.29. The smallest absolute Gasteiger partial charge is 0.0701 e. The Morgan fingerprint density at radius 2 is 1.05 bits per heavy atom. The van der Waals surface area contributed by atoms with Gasteiger partial charge < -0.3 is 9.55 Å². The Balaban J connectivity index is 0.000000245. The monoisotopic (exact) mass is 565 g/mol. The molecule has 8 bridgehead atoms. The molecule has 0 aliphatic carbocycles. The first kappa shape index (κ1) is 25.6. The van der Waals surface area contributed by atoms with Crippen LogP contribution in [0, 0.1) is 0 Å². The molecule has 3 aromatic carbocycles. The molecule has 0 radical (unpaired) electrons. The van der Waals surface area contributed by atoms with E-state index in [0.29, 0.717) is 0 Å². The van der Waals surface area contributed by atoms with Crippen LogP contribution in [-0.2, 0) is 0 Å². The molecule has 4 aromatic heterocycles. The lowest BCUT2D eigenvalue weighted by Gasteiger charge is -2.11. The van der Waals surface area contributed by atoms with Crippen molar-refractivity contribution in [3.05, 3.63) is 156 Å². The summed E-state index contributed by atoms with van der Waals surface area (Å²) >= 11 is 0. The van der Waals surface area contributed by atoms with E-state index >= 15 is 0 Å². The molecule has 5 heteroatoms. The number of aromatic nitrogens is 5. The molecule has 0 atom stereocenters. The third-order valence-electron chi connectivity index (χ3n) is 7.76.